The zero-order chi connectivity index (χ0) is 15.7. The molecule has 0 aliphatic heterocycles. The van der Waals surface area contributed by atoms with E-state index in [0.29, 0.717) is 25.8 Å². The number of benzene rings is 2. The van der Waals surface area contributed by atoms with E-state index in [-0.39, 0.29) is 12.3 Å². The standard InChI is InChI=1S/C15H9Cl3N2OS/c16-8-4-5-12-13(6-8)22-15(19-12)20-14(21)7-9-10(17)2-1-3-11(9)18/h1-6H,7H2,(H,19,20,21). The summed E-state index contributed by atoms with van der Waals surface area (Å²) in [6, 6.07) is 10.5. The first-order chi connectivity index (χ1) is 10.5. The van der Waals surface area contributed by atoms with E-state index in [9.17, 15) is 4.79 Å². The zero-order valence-electron chi connectivity index (χ0n) is 11.1. The largest absolute Gasteiger partial charge is 0.302 e. The van der Waals surface area contributed by atoms with Crippen molar-refractivity contribution in [1.82, 2.24) is 4.98 Å². The van der Waals surface area contributed by atoms with Gasteiger partial charge in [-0.3, -0.25) is 4.79 Å². The number of fused-ring (bicyclic) bond motifs is 1. The fraction of sp³-hybridized carbons (Fsp3) is 0.0667. The van der Waals surface area contributed by atoms with Crippen molar-refractivity contribution < 1.29 is 4.79 Å². The van der Waals surface area contributed by atoms with Gasteiger partial charge in [0.15, 0.2) is 5.13 Å². The molecule has 0 fully saturated rings. The van der Waals surface area contributed by atoms with Crippen LogP contribution in [-0.2, 0) is 11.2 Å². The molecular weight excluding hydrogens is 363 g/mol. The SMILES string of the molecule is O=C(Cc1c(Cl)cccc1Cl)Nc1nc2ccc(Cl)cc2s1. The Morgan fingerprint density at radius 2 is 1.86 bits per heavy atom. The number of nitrogens with zero attached hydrogens (tertiary/aromatic N) is 1. The summed E-state index contributed by atoms with van der Waals surface area (Å²) in [6.45, 7) is 0. The van der Waals surface area contributed by atoms with Crippen LogP contribution in [0.4, 0.5) is 5.13 Å². The smallest absolute Gasteiger partial charge is 0.230 e. The molecule has 3 aromatic rings. The number of amides is 1. The quantitative estimate of drug-likeness (QED) is 0.666. The second-order valence-electron chi connectivity index (χ2n) is 4.56. The van der Waals surface area contributed by atoms with Gasteiger partial charge in [-0.25, -0.2) is 4.98 Å². The fourth-order valence-electron chi connectivity index (χ4n) is 1.98. The summed E-state index contributed by atoms with van der Waals surface area (Å²) in [6.07, 6.45) is 0.0924. The van der Waals surface area contributed by atoms with Crippen LogP contribution in [0, 0.1) is 0 Å². The third-order valence-corrected chi connectivity index (χ3v) is 4.87. The van der Waals surface area contributed by atoms with Crippen molar-refractivity contribution in [3.05, 3.63) is 57.0 Å². The van der Waals surface area contributed by atoms with Crippen molar-refractivity contribution in [2.24, 2.45) is 0 Å². The van der Waals surface area contributed by atoms with Crippen molar-refractivity contribution in [2.45, 2.75) is 6.42 Å². The Morgan fingerprint density at radius 3 is 2.59 bits per heavy atom. The number of carbonyl (C=O) groups is 1. The summed E-state index contributed by atoms with van der Waals surface area (Å²) in [7, 11) is 0. The van der Waals surface area contributed by atoms with E-state index in [1.165, 1.54) is 11.3 Å². The number of halogens is 3. The van der Waals surface area contributed by atoms with Crippen LogP contribution in [0.25, 0.3) is 10.2 Å². The van der Waals surface area contributed by atoms with Gasteiger partial charge in [-0.15, -0.1) is 0 Å². The maximum absolute atomic E-state index is 12.1. The molecule has 7 heteroatoms. The average molecular weight is 372 g/mol. The van der Waals surface area contributed by atoms with E-state index in [4.69, 9.17) is 34.8 Å². The Hall–Kier alpha value is -1.33. The normalized spacial score (nSPS) is 10.9. The van der Waals surface area contributed by atoms with Crippen LogP contribution in [0.1, 0.15) is 5.56 Å². The van der Waals surface area contributed by atoms with Crippen LogP contribution in [0.5, 0.6) is 0 Å². The van der Waals surface area contributed by atoms with Crippen LogP contribution >= 0.6 is 46.1 Å². The Labute approximate surface area is 145 Å². The lowest BCUT2D eigenvalue weighted by Crippen LogP contribution is -2.14. The second kappa shape index (κ2) is 6.42. The first-order valence-corrected chi connectivity index (χ1v) is 8.27. The molecular formula is C15H9Cl3N2OS. The second-order valence-corrected chi connectivity index (χ2v) is 6.84. The van der Waals surface area contributed by atoms with Crippen molar-refractivity contribution in [3.8, 4) is 0 Å². The number of anilines is 1. The Morgan fingerprint density at radius 1 is 1.14 bits per heavy atom. The summed E-state index contributed by atoms with van der Waals surface area (Å²) >= 11 is 19.4. The maximum Gasteiger partial charge on any atom is 0.230 e. The molecule has 1 aromatic heterocycles. The van der Waals surface area contributed by atoms with E-state index in [2.05, 4.69) is 10.3 Å². The Bertz CT molecular complexity index is 843. The first-order valence-electron chi connectivity index (χ1n) is 6.32. The van der Waals surface area contributed by atoms with Gasteiger partial charge in [-0.05, 0) is 35.9 Å². The monoisotopic (exact) mass is 370 g/mol. The molecule has 1 amide bonds. The lowest BCUT2D eigenvalue weighted by molar-refractivity contribution is -0.115. The van der Waals surface area contributed by atoms with E-state index >= 15 is 0 Å². The van der Waals surface area contributed by atoms with Crippen LogP contribution in [0.2, 0.25) is 15.1 Å². The molecule has 0 saturated carbocycles. The van der Waals surface area contributed by atoms with Gasteiger partial charge in [0.1, 0.15) is 0 Å². The lowest BCUT2D eigenvalue weighted by atomic mass is 10.1. The highest BCUT2D eigenvalue weighted by Gasteiger charge is 2.13. The molecule has 0 saturated heterocycles. The van der Waals surface area contributed by atoms with Gasteiger partial charge in [-0.2, -0.15) is 0 Å². The highest BCUT2D eigenvalue weighted by molar-refractivity contribution is 7.22. The highest BCUT2D eigenvalue weighted by atomic mass is 35.5. The van der Waals surface area contributed by atoms with Gasteiger partial charge in [0.2, 0.25) is 5.91 Å². The molecule has 0 atom stereocenters. The predicted octanol–water partition coefficient (Wildman–Crippen LogP) is 5.44. The van der Waals surface area contributed by atoms with Gasteiger partial charge in [-0.1, -0.05) is 52.2 Å². The Balaban J connectivity index is 1.78. The number of hydrogen-bond donors (Lipinski definition) is 1. The molecule has 0 aliphatic carbocycles. The minimum atomic E-state index is -0.222. The summed E-state index contributed by atoms with van der Waals surface area (Å²) in [5.74, 6) is -0.222. The number of thiazole rings is 1. The molecule has 2 aromatic carbocycles. The molecule has 0 unspecified atom stereocenters. The molecule has 1 heterocycles. The molecule has 0 bridgehead atoms. The minimum absolute atomic E-state index is 0.0924. The molecule has 0 aliphatic rings. The van der Waals surface area contributed by atoms with Crippen molar-refractivity contribution in [2.75, 3.05) is 5.32 Å². The van der Waals surface area contributed by atoms with Crippen LogP contribution < -0.4 is 5.32 Å². The molecule has 22 heavy (non-hydrogen) atoms. The summed E-state index contributed by atoms with van der Waals surface area (Å²) < 4.78 is 0.915. The third kappa shape index (κ3) is 3.36. The fourth-order valence-corrected chi connectivity index (χ4v) is 3.67. The average Bonchev–Trinajstić information content (AvgIpc) is 2.84. The molecule has 3 nitrogen and oxygen atoms in total. The maximum atomic E-state index is 12.1. The third-order valence-electron chi connectivity index (χ3n) is 3.00. The lowest BCUT2D eigenvalue weighted by Gasteiger charge is -2.06. The van der Waals surface area contributed by atoms with Crippen LogP contribution in [0.3, 0.4) is 0 Å². The number of hydrogen-bond acceptors (Lipinski definition) is 3. The molecule has 1 N–H and O–H groups in total. The van der Waals surface area contributed by atoms with Gasteiger partial charge >= 0.3 is 0 Å². The highest BCUT2D eigenvalue weighted by Crippen LogP contribution is 2.29. The Kier molecular flexibility index (Phi) is 4.54. The van der Waals surface area contributed by atoms with Crippen molar-refractivity contribution in [1.29, 1.82) is 0 Å². The molecule has 0 spiro atoms. The topological polar surface area (TPSA) is 42.0 Å². The van der Waals surface area contributed by atoms with Gasteiger partial charge < -0.3 is 5.32 Å². The zero-order valence-corrected chi connectivity index (χ0v) is 14.2. The van der Waals surface area contributed by atoms with Crippen molar-refractivity contribution in [3.63, 3.8) is 0 Å². The van der Waals surface area contributed by atoms with Crippen LogP contribution in [-0.4, -0.2) is 10.9 Å². The van der Waals surface area contributed by atoms with Crippen LogP contribution in [0.15, 0.2) is 36.4 Å². The minimum Gasteiger partial charge on any atom is -0.302 e. The van der Waals surface area contributed by atoms with E-state index in [0.717, 1.165) is 10.2 Å². The first kappa shape index (κ1) is 15.6. The molecule has 3 rings (SSSR count). The molecule has 112 valence electrons. The van der Waals surface area contributed by atoms with Crippen molar-refractivity contribution >= 4 is 67.4 Å². The predicted molar refractivity (Wildman–Crippen MR) is 93.4 cm³/mol. The number of carbonyl (C=O) groups excluding carboxylic acids is 1. The molecule has 0 radical (unpaired) electrons. The van der Waals surface area contributed by atoms with E-state index in [1.54, 1.807) is 24.3 Å². The number of rotatable bonds is 3. The number of aromatic nitrogens is 1. The van der Waals surface area contributed by atoms with Gasteiger partial charge in [0.05, 0.1) is 16.6 Å². The summed E-state index contributed by atoms with van der Waals surface area (Å²) in [5.41, 5.74) is 1.40. The van der Waals surface area contributed by atoms with E-state index < -0.39 is 0 Å². The number of nitrogens with one attached hydrogen (secondary N) is 1. The van der Waals surface area contributed by atoms with Gasteiger partial charge in [0.25, 0.3) is 0 Å². The van der Waals surface area contributed by atoms with Gasteiger partial charge in [0, 0.05) is 15.1 Å². The summed E-state index contributed by atoms with van der Waals surface area (Å²) in [4.78, 5) is 16.5. The summed E-state index contributed by atoms with van der Waals surface area (Å²) in [5, 5.41) is 4.86. The van der Waals surface area contributed by atoms with E-state index in [1.807, 2.05) is 12.1 Å².